The van der Waals surface area contributed by atoms with Gasteiger partial charge in [-0.2, -0.15) is 4.31 Å². The van der Waals surface area contributed by atoms with Crippen molar-refractivity contribution in [2.45, 2.75) is 24.2 Å². The minimum Gasteiger partial charge on any atom is -0.343 e. The van der Waals surface area contributed by atoms with E-state index >= 15 is 0 Å². The molecule has 1 aliphatic heterocycles. The summed E-state index contributed by atoms with van der Waals surface area (Å²) < 4.78 is 26.8. The summed E-state index contributed by atoms with van der Waals surface area (Å²) in [6.45, 7) is 0.561. The highest BCUT2D eigenvalue weighted by molar-refractivity contribution is 7.89. The molecular weight excluding hydrogens is 491 g/mol. The zero-order valence-electron chi connectivity index (χ0n) is 17.4. The summed E-state index contributed by atoms with van der Waals surface area (Å²) in [5, 5.41) is 2.93. The van der Waals surface area contributed by atoms with Crippen LogP contribution in [0.5, 0.6) is 0 Å². The Bertz CT molecular complexity index is 1130. The molecule has 1 aliphatic rings. The highest BCUT2D eigenvalue weighted by Crippen LogP contribution is 2.21. The summed E-state index contributed by atoms with van der Waals surface area (Å²) in [4.78, 5) is 36.4. The van der Waals surface area contributed by atoms with Crippen LogP contribution in [0.1, 0.15) is 40.0 Å². The van der Waals surface area contributed by atoms with Crippen LogP contribution in [0.2, 0.25) is 10.0 Å². The van der Waals surface area contributed by atoms with Gasteiger partial charge < -0.3 is 5.32 Å². The highest BCUT2D eigenvalue weighted by atomic mass is 35.5. The van der Waals surface area contributed by atoms with Gasteiger partial charge in [-0.15, -0.1) is 0 Å². The second-order valence-corrected chi connectivity index (χ2v) is 10.1. The number of carbonyl (C=O) groups excluding carboxylic acids is 3. The number of rotatable bonds is 6. The van der Waals surface area contributed by atoms with Gasteiger partial charge in [-0.1, -0.05) is 29.6 Å². The van der Waals surface area contributed by atoms with E-state index in [9.17, 15) is 22.8 Å². The Hall–Kier alpha value is -2.66. The van der Waals surface area contributed by atoms with Crippen molar-refractivity contribution in [1.82, 2.24) is 20.5 Å². The number of sulfonamides is 1. The molecule has 2 aromatic carbocycles. The van der Waals surface area contributed by atoms with Crippen molar-refractivity contribution in [2.24, 2.45) is 0 Å². The molecule has 0 aliphatic carbocycles. The molecule has 0 radical (unpaired) electrons. The molecule has 2 aromatic rings. The first-order valence-corrected chi connectivity index (χ1v) is 12.3. The number of piperidine rings is 1. The van der Waals surface area contributed by atoms with Crippen LogP contribution in [0.3, 0.4) is 0 Å². The molecule has 1 heterocycles. The van der Waals surface area contributed by atoms with E-state index in [-0.39, 0.29) is 26.1 Å². The van der Waals surface area contributed by atoms with Crippen molar-refractivity contribution in [2.75, 3.05) is 19.6 Å². The average Bonchev–Trinajstić information content (AvgIpc) is 2.81. The number of carbonyl (C=O) groups is 3. The van der Waals surface area contributed by atoms with E-state index < -0.39 is 34.3 Å². The number of hydrazine groups is 1. The largest absolute Gasteiger partial charge is 0.343 e. The third-order valence-corrected chi connectivity index (χ3v) is 7.27. The summed E-state index contributed by atoms with van der Waals surface area (Å²) >= 11 is 11.7. The van der Waals surface area contributed by atoms with Crippen molar-refractivity contribution in [1.29, 1.82) is 0 Å². The number of nitrogens with one attached hydrogen (secondary N) is 3. The number of hydrogen-bond acceptors (Lipinski definition) is 5. The SMILES string of the molecule is O=C(CNC(=O)c1cc(Cl)cc(Cl)c1)NNC(=O)c1ccc(S(=O)(=O)N2CCCCC2)cc1. The van der Waals surface area contributed by atoms with Crippen molar-refractivity contribution in [3.05, 3.63) is 63.6 Å². The first kappa shape index (κ1) is 25.0. The molecule has 176 valence electrons. The fourth-order valence-corrected chi connectivity index (χ4v) is 5.27. The summed E-state index contributed by atoms with van der Waals surface area (Å²) in [5.41, 5.74) is 4.73. The molecule has 0 saturated carbocycles. The fourth-order valence-electron chi connectivity index (χ4n) is 3.22. The summed E-state index contributed by atoms with van der Waals surface area (Å²) in [6, 6.07) is 9.72. The number of nitrogens with zero attached hydrogens (tertiary/aromatic N) is 1. The Balaban J connectivity index is 1.49. The zero-order chi connectivity index (χ0) is 24.0. The Kier molecular flexibility index (Phi) is 8.30. The minimum absolute atomic E-state index is 0.105. The minimum atomic E-state index is -3.60. The zero-order valence-corrected chi connectivity index (χ0v) is 19.8. The third kappa shape index (κ3) is 6.67. The molecule has 1 fully saturated rings. The number of hydrogen-bond donors (Lipinski definition) is 3. The molecule has 0 bridgehead atoms. The van der Waals surface area contributed by atoms with E-state index in [0.717, 1.165) is 19.3 Å². The van der Waals surface area contributed by atoms with Crippen LogP contribution in [0.4, 0.5) is 0 Å². The molecule has 0 aromatic heterocycles. The van der Waals surface area contributed by atoms with Gasteiger partial charge in [-0.25, -0.2) is 8.42 Å². The van der Waals surface area contributed by atoms with Gasteiger partial charge in [0.1, 0.15) is 0 Å². The average molecular weight is 513 g/mol. The van der Waals surface area contributed by atoms with E-state index in [0.29, 0.717) is 13.1 Å². The van der Waals surface area contributed by atoms with E-state index in [4.69, 9.17) is 23.2 Å². The number of amides is 3. The van der Waals surface area contributed by atoms with Crippen LogP contribution >= 0.6 is 23.2 Å². The Morgan fingerprint density at radius 2 is 1.42 bits per heavy atom. The lowest BCUT2D eigenvalue weighted by atomic mass is 10.2. The maximum atomic E-state index is 12.7. The summed E-state index contributed by atoms with van der Waals surface area (Å²) in [6.07, 6.45) is 2.66. The molecule has 3 N–H and O–H groups in total. The van der Waals surface area contributed by atoms with Gasteiger partial charge in [0, 0.05) is 34.3 Å². The maximum Gasteiger partial charge on any atom is 0.269 e. The van der Waals surface area contributed by atoms with Gasteiger partial charge in [-0.3, -0.25) is 25.2 Å². The van der Waals surface area contributed by atoms with Gasteiger partial charge in [0.25, 0.3) is 17.7 Å². The molecule has 12 heteroatoms. The fraction of sp³-hybridized carbons (Fsp3) is 0.286. The lowest BCUT2D eigenvalue weighted by molar-refractivity contribution is -0.120. The molecule has 33 heavy (non-hydrogen) atoms. The first-order chi connectivity index (χ1) is 15.7. The molecule has 0 unspecified atom stereocenters. The smallest absolute Gasteiger partial charge is 0.269 e. The predicted molar refractivity (Wildman–Crippen MR) is 123 cm³/mol. The predicted octanol–water partition coefficient (Wildman–Crippen LogP) is 2.36. The van der Waals surface area contributed by atoms with E-state index in [1.807, 2.05) is 0 Å². The molecule has 3 rings (SSSR count). The van der Waals surface area contributed by atoms with Crippen LogP contribution < -0.4 is 16.2 Å². The van der Waals surface area contributed by atoms with E-state index in [2.05, 4.69) is 16.2 Å². The number of halogens is 2. The van der Waals surface area contributed by atoms with Crippen LogP contribution in [0, 0.1) is 0 Å². The normalized spacial score (nSPS) is 14.4. The summed E-state index contributed by atoms with van der Waals surface area (Å²) in [5.74, 6) is -1.88. The maximum absolute atomic E-state index is 12.7. The van der Waals surface area contributed by atoms with Crippen LogP contribution in [0.15, 0.2) is 47.4 Å². The van der Waals surface area contributed by atoms with Gasteiger partial charge in [0.2, 0.25) is 10.0 Å². The van der Waals surface area contributed by atoms with Crippen LogP contribution in [-0.2, 0) is 14.8 Å². The second kappa shape index (κ2) is 11.0. The van der Waals surface area contributed by atoms with Gasteiger partial charge in [0.15, 0.2) is 0 Å². The van der Waals surface area contributed by atoms with E-state index in [1.165, 1.54) is 46.8 Å². The molecule has 0 atom stereocenters. The van der Waals surface area contributed by atoms with Crippen molar-refractivity contribution in [3.63, 3.8) is 0 Å². The highest BCUT2D eigenvalue weighted by Gasteiger charge is 2.26. The molecule has 1 saturated heterocycles. The Labute approximate surface area is 201 Å². The van der Waals surface area contributed by atoms with Crippen molar-refractivity contribution >= 4 is 50.9 Å². The van der Waals surface area contributed by atoms with Crippen LogP contribution in [-0.4, -0.2) is 50.1 Å². The lowest BCUT2D eigenvalue weighted by Gasteiger charge is -2.25. The van der Waals surface area contributed by atoms with Gasteiger partial charge in [0.05, 0.1) is 11.4 Å². The molecule has 9 nitrogen and oxygen atoms in total. The van der Waals surface area contributed by atoms with Gasteiger partial charge >= 0.3 is 0 Å². The molecular formula is C21H22Cl2N4O5S. The molecule has 3 amide bonds. The lowest BCUT2D eigenvalue weighted by Crippen LogP contribution is -2.46. The monoisotopic (exact) mass is 512 g/mol. The standard InChI is InChI=1S/C21H22Cl2N4O5S/c22-16-10-15(11-17(23)12-16)20(29)24-13-19(28)25-26-21(30)14-4-6-18(7-5-14)33(31,32)27-8-2-1-3-9-27/h4-7,10-12H,1-3,8-9,13H2,(H,24,29)(H,25,28)(H,26,30). The quantitative estimate of drug-likeness (QED) is 0.512. The van der Waals surface area contributed by atoms with E-state index in [1.54, 1.807) is 0 Å². The van der Waals surface area contributed by atoms with Crippen molar-refractivity contribution < 1.29 is 22.8 Å². The Morgan fingerprint density at radius 3 is 2.03 bits per heavy atom. The molecule has 0 spiro atoms. The summed E-state index contributed by atoms with van der Waals surface area (Å²) in [7, 11) is -3.60. The number of benzene rings is 2. The van der Waals surface area contributed by atoms with Gasteiger partial charge in [-0.05, 0) is 55.3 Å². The van der Waals surface area contributed by atoms with Crippen LogP contribution in [0.25, 0.3) is 0 Å². The Morgan fingerprint density at radius 1 is 0.818 bits per heavy atom. The topological polar surface area (TPSA) is 125 Å². The van der Waals surface area contributed by atoms with Crippen molar-refractivity contribution in [3.8, 4) is 0 Å². The third-order valence-electron chi connectivity index (χ3n) is 4.92. The first-order valence-electron chi connectivity index (χ1n) is 10.1. The second-order valence-electron chi connectivity index (χ2n) is 7.33.